The van der Waals surface area contributed by atoms with Crippen molar-refractivity contribution >= 4 is 34.1 Å². The molecular formula is C15H19N3OS2. The van der Waals surface area contributed by atoms with Gasteiger partial charge < -0.3 is 0 Å². The third-order valence-corrected chi connectivity index (χ3v) is 4.91. The van der Waals surface area contributed by atoms with Crippen LogP contribution in [-0.2, 0) is 10.5 Å². The van der Waals surface area contributed by atoms with Crippen LogP contribution in [0.5, 0.6) is 0 Å². The number of nitrogens with zero attached hydrogens (tertiary/aromatic N) is 2. The Morgan fingerprint density at radius 3 is 2.86 bits per heavy atom. The van der Waals surface area contributed by atoms with Gasteiger partial charge in [-0.25, -0.2) is 0 Å². The predicted octanol–water partition coefficient (Wildman–Crippen LogP) is 3.84. The number of anilines is 1. The Balaban J connectivity index is 1.77. The summed E-state index contributed by atoms with van der Waals surface area (Å²) in [5.74, 6) is 1.57. The van der Waals surface area contributed by atoms with Gasteiger partial charge in [0.2, 0.25) is 11.0 Å². The normalized spacial score (nSPS) is 10.9. The maximum absolute atomic E-state index is 11.9. The standard InChI is InChI=1S/C15H19N3OS2/c1-10(2)14-17-18-15(21-14)16-13(19)9-20-8-12-6-4-5-11(3)7-12/h4-7,10H,8-9H2,1-3H3,(H,16,18,19). The van der Waals surface area contributed by atoms with E-state index in [2.05, 4.69) is 54.5 Å². The molecule has 0 aliphatic rings. The monoisotopic (exact) mass is 321 g/mol. The van der Waals surface area contributed by atoms with Crippen LogP contribution in [0.25, 0.3) is 0 Å². The van der Waals surface area contributed by atoms with Gasteiger partial charge in [0.1, 0.15) is 5.01 Å². The van der Waals surface area contributed by atoms with Crippen molar-refractivity contribution in [3.05, 3.63) is 40.4 Å². The Bertz CT molecular complexity index is 610. The van der Waals surface area contributed by atoms with Crippen LogP contribution in [0.3, 0.4) is 0 Å². The van der Waals surface area contributed by atoms with Crippen LogP contribution in [0.2, 0.25) is 0 Å². The summed E-state index contributed by atoms with van der Waals surface area (Å²) in [7, 11) is 0. The number of nitrogens with one attached hydrogen (secondary N) is 1. The van der Waals surface area contributed by atoms with E-state index in [1.54, 1.807) is 11.8 Å². The molecule has 1 aromatic carbocycles. The van der Waals surface area contributed by atoms with Gasteiger partial charge in [-0.15, -0.1) is 22.0 Å². The van der Waals surface area contributed by atoms with Crippen molar-refractivity contribution in [2.75, 3.05) is 11.1 Å². The van der Waals surface area contributed by atoms with Crippen molar-refractivity contribution in [1.82, 2.24) is 10.2 Å². The van der Waals surface area contributed by atoms with Crippen LogP contribution < -0.4 is 5.32 Å². The first-order valence-corrected chi connectivity index (χ1v) is 8.78. The zero-order chi connectivity index (χ0) is 15.2. The van der Waals surface area contributed by atoms with Gasteiger partial charge in [0.25, 0.3) is 0 Å². The van der Waals surface area contributed by atoms with E-state index in [1.807, 2.05) is 6.07 Å². The molecule has 0 aliphatic heterocycles. The molecule has 0 aliphatic carbocycles. The second kappa shape index (κ2) is 7.56. The summed E-state index contributed by atoms with van der Waals surface area (Å²) in [6.07, 6.45) is 0. The number of thioether (sulfide) groups is 1. The van der Waals surface area contributed by atoms with Gasteiger partial charge >= 0.3 is 0 Å². The lowest BCUT2D eigenvalue weighted by atomic mass is 10.2. The van der Waals surface area contributed by atoms with Gasteiger partial charge in [-0.1, -0.05) is 55.0 Å². The Morgan fingerprint density at radius 1 is 1.38 bits per heavy atom. The van der Waals surface area contributed by atoms with E-state index in [9.17, 15) is 4.79 Å². The largest absolute Gasteiger partial charge is 0.300 e. The van der Waals surface area contributed by atoms with E-state index in [1.165, 1.54) is 22.5 Å². The molecule has 2 aromatic rings. The van der Waals surface area contributed by atoms with E-state index in [-0.39, 0.29) is 5.91 Å². The summed E-state index contributed by atoms with van der Waals surface area (Å²) in [5, 5.41) is 12.4. The number of rotatable bonds is 6. The van der Waals surface area contributed by atoms with Gasteiger partial charge in [0.15, 0.2) is 0 Å². The van der Waals surface area contributed by atoms with E-state index in [0.29, 0.717) is 16.8 Å². The lowest BCUT2D eigenvalue weighted by molar-refractivity contribution is -0.113. The second-order valence-electron chi connectivity index (χ2n) is 5.13. The first-order chi connectivity index (χ1) is 10.0. The van der Waals surface area contributed by atoms with Crippen molar-refractivity contribution in [2.24, 2.45) is 0 Å². The molecule has 6 heteroatoms. The van der Waals surface area contributed by atoms with Crippen LogP contribution in [0.4, 0.5) is 5.13 Å². The number of amides is 1. The average Bonchev–Trinajstić information content (AvgIpc) is 2.87. The van der Waals surface area contributed by atoms with E-state index < -0.39 is 0 Å². The lowest BCUT2D eigenvalue weighted by Gasteiger charge is -2.03. The zero-order valence-corrected chi connectivity index (χ0v) is 14.1. The van der Waals surface area contributed by atoms with Crippen LogP contribution in [0.15, 0.2) is 24.3 Å². The van der Waals surface area contributed by atoms with Crippen molar-refractivity contribution in [3.8, 4) is 0 Å². The van der Waals surface area contributed by atoms with Crippen LogP contribution in [0.1, 0.15) is 35.9 Å². The van der Waals surface area contributed by atoms with E-state index in [4.69, 9.17) is 0 Å². The van der Waals surface area contributed by atoms with Gasteiger partial charge in [-0.3, -0.25) is 10.1 Å². The number of carbonyl (C=O) groups is 1. The maximum atomic E-state index is 11.9. The quantitative estimate of drug-likeness (QED) is 0.878. The number of hydrogen-bond acceptors (Lipinski definition) is 5. The summed E-state index contributed by atoms with van der Waals surface area (Å²) < 4.78 is 0. The topological polar surface area (TPSA) is 54.9 Å². The Hall–Kier alpha value is -1.40. The van der Waals surface area contributed by atoms with Gasteiger partial charge in [-0.2, -0.15) is 0 Å². The summed E-state index contributed by atoms with van der Waals surface area (Å²) in [6, 6.07) is 8.34. The van der Waals surface area contributed by atoms with Crippen molar-refractivity contribution < 1.29 is 4.79 Å². The van der Waals surface area contributed by atoms with Crippen molar-refractivity contribution in [2.45, 2.75) is 32.4 Å². The molecule has 112 valence electrons. The molecule has 0 atom stereocenters. The van der Waals surface area contributed by atoms with E-state index in [0.717, 1.165) is 10.8 Å². The lowest BCUT2D eigenvalue weighted by Crippen LogP contribution is -2.14. The smallest absolute Gasteiger partial charge is 0.236 e. The highest BCUT2D eigenvalue weighted by molar-refractivity contribution is 7.99. The Kier molecular flexibility index (Phi) is 5.76. The summed E-state index contributed by atoms with van der Waals surface area (Å²) >= 11 is 3.04. The second-order valence-corrected chi connectivity index (χ2v) is 7.12. The first-order valence-electron chi connectivity index (χ1n) is 6.81. The fourth-order valence-corrected chi connectivity index (χ4v) is 3.27. The van der Waals surface area contributed by atoms with Crippen LogP contribution in [-0.4, -0.2) is 21.9 Å². The molecular weight excluding hydrogens is 302 g/mol. The molecule has 0 unspecified atom stereocenters. The number of carbonyl (C=O) groups excluding carboxylic acids is 1. The zero-order valence-electron chi connectivity index (χ0n) is 12.4. The number of aryl methyl sites for hydroxylation is 1. The molecule has 0 spiro atoms. The molecule has 1 aromatic heterocycles. The Labute approximate surface area is 133 Å². The molecule has 0 saturated carbocycles. The number of benzene rings is 1. The first kappa shape index (κ1) is 16.0. The van der Waals surface area contributed by atoms with Crippen LogP contribution in [0, 0.1) is 6.92 Å². The summed E-state index contributed by atoms with van der Waals surface area (Å²) in [6.45, 7) is 6.19. The molecule has 0 radical (unpaired) electrons. The minimum atomic E-state index is -0.0286. The maximum Gasteiger partial charge on any atom is 0.236 e. The highest BCUT2D eigenvalue weighted by Crippen LogP contribution is 2.22. The van der Waals surface area contributed by atoms with Crippen molar-refractivity contribution in [3.63, 3.8) is 0 Å². The fraction of sp³-hybridized carbons (Fsp3) is 0.400. The molecule has 1 amide bonds. The Morgan fingerprint density at radius 2 is 2.19 bits per heavy atom. The highest BCUT2D eigenvalue weighted by atomic mass is 32.2. The summed E-state index contributed by atoms with van der Waals surface area (Å²) in [5.41, 5.74) is 2.48. The number of hydrogen-bond donors (Lipinski definition) is 1. The number of aromatic nitrogens is 2. The molecule has 21 heavy (non-hydrogen) atoms. The molecule has 1 N–H and O–H groups in total. The van der Waals surface area contributed by atoms with Crippen molar-refractivity contribution in [1.29, 1.82) is 0 Å². The molecule has 0 bridgehead atoms. The van der Waals surface area contributed by atoms with Crippen LogP contribution >= 0.6 is 23.1 Å². The van der Waals surface area contributed by atoms with Gasteiger partial charge in [0, 0.05) is 11.7 Å². The minimum Gasteiger partial charge on any atom is -0.300 e. The molecule has 0 fully saturated rings. The third-order valence-electron chi connectivity index (χ3n) is 2.77. The predicted molar refractivity (Wildman–Crippen MR) is 90.0 cm³/mol. The average molecular weight is 321 g/mol. The minimum absolute atomic E-state index is 0.0286. The molecule has 4 nitrogen and oxygen atoms in total. The third kappa shape index (κ3) is 5.13. The van der Waals surface area contributed by atoms with Gasteiger partial charge in [-0.05, 0) is 12.5 Å². The highest BCUT2D eigenvalue weighted by Gasteiger charge is 2.10. The molecule has 0 saturated heterocycles. The molecule has 2 rings (SSSR count). The van der Waals surface area contributed by atoms with Gasteiger partial charge in [0.05, 0.1) is 5.75 Å². The molecule has 1 heterocycles. The SMILES string of the molecule is Cc1cccc(CSCC(=O)Nc2nnc(C(C)C)s2)c1. The van der Waals surface area contributed by atoms with E-state index >= 15 is 0 Å². The fourth-order valence-electron chi connectivity index (χ4n) is 1.74. The summed E-state index contributed by atoms with van der Waals surface area (Å²) in [4.78, 5) is 11.9.